The minimum Gasteiger partial charge on any atom is -0.405 e. The van der Waals surface area contributed by atoms with E-state index in [-0.39, 0.29) is 3.70 Å². The van der Waals surface area contributed by atoms with Gasteiger partial charge in [0, 0.05) is 6.07 Å². The molecule has 4 nitrogen and oxygen atoms in total. The number of aromatic nitrogens is 1. The largest absolute Gasteiger partial charge is 0.573 e. The van der Waals surface area contributed by atoms with E-state index < -0.39 is 28.5 Å². The molecule has 0 aliphatic heterocycles. The van der Waals surface area contributed by atoms with Gasteiger partial charge in [-0.3, -0.25) is 9.59 Å². The van der Waals surface area contributed by atoms with E-state index in [1.807, 2.05) is 0 Å². The molecule has 0 aliphatic rings. The molecule has 0 saturated heterocycles. The third-order valence-corrected chi connectivity index (χ3v) is 2.38. The number of hydrogen-bond donors (Lipinski definition) is 1. The molecule has 0 saturated carbocycles. The normalized spacial score (nSPS) is 11.3. The third kappa shape index (κ3) is 3.37. The standard InChI is InChI=1S/C7H2ClF3INO3/c8-5(15)4-2(16-7(9,10)11)1-3(14)13-6(4)12/h1H,(H,13,14). The van der Waals surface area contributed by atoms with Gasteiger partial charge in [0.25, 0.3) is 10.8 Å². The Morgan fingerprint density at radius 3 is 2.50 bits per heavy atom. The van der Waals surface area contributed by atoms with Crippen LogP contribution in [0.25, 0.3) is 0 Å². The fourth-order valence-corrected chi connectivity index (χ4v) is 2.02. The van der Waals surface area contributed by atoms with Crippen molar-refractivity contribution in [1.82, 2.24) is 4.98 Å². The van der Waals surface area contributed by atoms with Crippen LogP contribution in [-0.2, 0) is 0 Å². The molecule has 88 valence electrons. The number of carbonyl (C=O) groups is 1. The lowest BCUT2D eigenvalue weighted by molar-refractivity contribution is -0.274. The lowest BCUT2D eigenvalue weighted by atomic mass is 10.3. The Bertz CT molecular complexity index is 485. The molecule has 1 heterocycles. The molecule has 16 heavy (non-hydrogen) atoms. The summed E-state index contributed by atoms with van der Waals surface area (Å²) in [5.41, 5.74) is -1.36. The van der Waals surface area contributed by atoms with Crippen LogP contribution in [0.15, 0.2) is 10.9 Å². The third-order valence-electron chi connectivity index (χ3n) is 1.38. The Morgan fingerprint density at radius 1 is 1.50 bits per heavy atom. The Balaban J connectivity index is 3.36. The number of rotatable bonds is 2. The number of aromatic amines is 1. The van der Waals surface area contributed by atoms with Gasteiger partial charge in [0.05, 0.1) is 3.70 Å². The first-order valence-electron chi connectivity index (χ1n) is 3.59. The minimum atomic E-state index is -5.00. The van der Waals surface area contributed by atoms with Gasteiger partial charge < -0.3 is 9.72 Å². The fraction of sp³-hybridized carbons (Fsp3) is 0.143. The van der Waals surface area contributed by atoms with Crippen molar-refractivity contribution in [3.05, 3.63) is 25.7 Å². The molecule has 0 radical (unpaired) electrons. The number of H-pyrrole nitrogens is 1. The quantitative estimate of drug-likeness (QED) is 0.496. The van der Waals surface area contributed by atoms with Gasteiger partial charge in [-0.2, -0.15) is 0 Å². The molecule has 0 unspecified atom stereocenters. The number of ether oxygens (including phenoxy) is 1. The second-order valence-corrected chi connectivity index (χ2v) is 3.93. The highest BCUT2D eigenvalue weighted by molar-refractivity contribution is 14.1. The van der Waals surface area contributed by atoms with Crippen LogP contribution in [0.2, 0.25) is 0 Å². The van der Waals surface area contributed by atoms with Gasteiger partial charge in [0.1, 0.15) is 11.3 Å². The van der Waals surface area contributed by atoms with E-state index in [4.69, 9.17) is 11.6 Å². The van der Waals surface area contributed by atoms with Gasteiger partial charge in [-0.15, -0.1) is 13.2 Å². The summed E-state index contributed by atoms with van der Waals surface area (Å²) in [6.07, 6.45) is -5.00. The molecule has 0 bridgehead atoms. The van der Waals surface area contributed by atoms with Crippen LogP contribution in [0.4, 0.5) is 13.2 Å². The van der Waals surface area contributed by atoms with Crippen LogP contribution in [0.1, 0.15) is 10.4 Å². The van der Waals surface area contributed by atoms with E-state index in [1.165, 1.54) is 22.6 Å². The average molecular weight is 367 g/mol. The van der Waals surface area contributed by atoms with E-state index >= 15 is 0 Å². The van der Waals surface area contributed by atoms with Crippen LogP contribution in [0.3, 0.4) is 0 Å². The second-order valence-electron chi connectivity index (χ2n) is 2.51. The smallest absolute Gasteiger partial charge is 0.405 e. The molecule has 0 amide bonds. The topological polar surface area (TPSA) is 59.2 Å². The van der Waals surface area contributed by atoms with Crippen LogP contribution in [0, 0.1) is 3.70 Å². The Labute approximate surface area is 105 Å². The van der Waals surface area contributed by atoms with Crippen LogP contribution in [-0.4, -0.2) is 16.6 Å². The van der Waals surface area contributed by atoms with Gasteiger partial charge in [-0.05, 0) is 34.2 Å². The van der Waals surface area contributed by atoms with Crippen molar-refractivity contribution in [2.75, 3.05) is 0 Å². The maximum absolute atomic E-state index is 12.0. The highest BCUT2D eigenvalue weighted by atomic mass is 127. The summed E-state index contributed by atoms with van der Waals surface area (Å²) in [6.45, 7) is 0. The molecule has 0 fully saturated rings. The molecule has 1 N–H and O–H groups in total. The van der Waals surface area contributed by atoms with Crippen molar-refractivity contribution < 1.29 is 22.7 Å². The zero-order valence-corrected chi connectivity index (χ0v) is 10.1. The number of hydrogen-bond acceptors (Lipinski definition) is 3. The van der Waals surface area contributed by atoms with Gasteiger partial charge in [-0.25, -0.2) is 0 Å². The van der Waals surface area contributed by atoms with Crippen LogP contribution in [0.5, 0.6) is 5.75 Å². The molecule has 1 aromatic rings. The van der Waals surface area contributed by atoms with Crippen molar-refractivity contribution in [2.45, 2.75) is 6.36 Å². The van der Waals surface area contributed by atoms with E-state index in [9.17, 15) is 22.8 Å². The SMILES string of the molecule is O=C(Cl)c1c(OC(F)(F)F)cc(=O)[nH]c1I. The molecule has 0 aromatic carbocycles. The highest BCUT2D eigenvalue weighted by Gasteiger charge is 2.33. The van der Waals surface area contributed by atoms with Crippen molar-refractivity contribution in [3.63, 3.8) is 0 Å². The van der Waals surface area contributed by atoms with Gasteiger partial charge in [0.15, 0.2) is 0 Å². The number of pyridine rings is 1. The molecule has 0 aliphatic carbocycles. The number of alkyl halides is 3. The summed E-state index contributed by atoms with van der Waals surface area (Å²) >= 11 is 6.55. The number of nitrogens with one attached hydrogen (secondary N) is 1. The maximum atomic E-state index is 12.0. The zero-order chi connectivity index (χ0) is 12.5. The molecule has 1 aromatic heterocycles. The van der Waals surface area contributed by atoms with Crippen molar-refractivity contribution >= 4 is 39.4 Å². The van der Waals surface area contributed by atoms with Crippen molar-refractivity contribution in [1.29, 1.82) is 0 Å². The molecular formula is C7H2ClF3INO3. The number of carbonyl (C=O) groups excluding carboxylic acids is 1. The first kappa shape index (κ1) is 13.3. The van der Waals surface area contributed by atoms with Gasteiger partial charge >= 0.3 is 6.36 Å². The summed E-state index contributed by atoms with van der Waals surface area (Å²) in [5, 5.41) is -1.15. The summed E-state index contributed by atoms with van der Waals surface area (Å²) in [4.78, 5) is 23.9. The molecular weight excluding hydrogens is 365 g/mol. The zero-order valence-electron chi connectivity index (χ0n) is 7.19. The Morgan fingerprint density at radius 2 is 2.06 bits per heavy atom. The summed E-state index contributed by atoms with van der Waals surface area (Å²) in [7, 11) is 0. The predicted octanol–water partition coefficient (Wildman–Crippen LogP) is 2.26. The van der Waals surface area contributed by atoms with E-state index in [1.54, 1.807) is 0 Å². The van der Waals surface area contributed by atoms with Crippen molar-refractivity contribution in [3.8, 4) is 5.75 Å². The van der Waals surface area contributed by atoms with E-state index in [0.29, 0.717) is 6.07 Å². The van der Waals surface area contributed by atoms with Crippen LogP contribution < -0.4 is 10.3 Å². The minimum absolute atomic E-state index is 0.121. The lowest BCUT2D eigenvalue weighted by Gasteiger charge is -2.11. The highest BCUT2D eigenvalue weighted by Crippen LogP contribution is 2.28. The lowest BCUT2D eigenvalue weighted by Crippen LogP contribution is -2.21. The van der Waals surface area contributed by atoms with Gasteiger partial charge in [-0.1, -0.05) is 0 Å². The van der Waals surface area contributed by atoms with E-state index in [2.05, 4.69) is 9.72 Å². The number of halogens is 5. The first-order chi connectivity index (χ1) is 7.20. The van der Waals surface area contributed by atoms with Gasteiger partial charge in [0.2, 0.25) is 0 Å². The van der Waals surface area contributed by atoms with E-state index in [0.717, 1.165) is 0 Å². The summed E-state index contributed by atoms with van der Waals surface area (Å²) in [6, 6.07) is 0.505. The first-order valence-corrected chi connectivity index (χ1v) is 5.05. The Hall–Kier alpha value is -0.770. The summed E-state index contributed by atoms with van der Waals surface area (Å²) < 4.78 is 39.3. The predicted molar refractivity (Wildman–Crippen MR) is 56.6 cm³/mol. The maximum Gasteiger partial charge on any atom is 0.573 e. The fourth-order valence-electron chi connectivity index (χ4n) is 0.894. The molecule has 9 heteroatoms. The summed E-state index contributed by atoms with van der Waals surface area (Å²) in [5.74, 6) is -0.916. The average Bonchev–Trinajstić information content (AvgIpc) is 1.96. The molecule has 0 spiro atoms. The van der Waals surface area contributed by atoms with Crippen molar-refractivity contribution in [2.24, 2.45) is 0 Å². The Kier molecular flexibility index (Phi) is 3.84. The molecule has 0 atom stereocenters. The molecule has 1 rings (SSSR count). The van der Waals surface area contributed by atoms with Crippen LogP contribution >= 0.6 is 34.2 Å². The second kappa shape index (κ2) is 4.62. The monoisotopic (exact) mass is 367 g/mol.